The van der Waals surface area contributed by atoms with E-state index in [-0.39, 0.29) is 5.56 Å². The fraction of sp³-hybridized carbons (Fsp3) is 0. The van der Waals surface area contributed by atoms with Crippen molar-refractivity contribution in [2.45, 2.75) is 10.1 Å². The molecule has 0 radical (unpaired) electrons. The molecule has 1 heterocycles. The molecule has 0 aliphatic carbocycles. The Bertz CT molecular complexity index is 758. The Morgan fingerprint density at radius 1 is 1.21 bits per heavy atom. The van der Waals surface area contributed by atoms with Crippen LogP contribution in [0.2, 0.25) is 0 Å². The van der Waals surface area contributed by atoms with E-state index in [4.69, 9.17) is 9.68 Å². The van der Waals surface area contributed by atoms with Gasteiger partial charge < -0.3 is 4.42 Å². The number of hydrogen-bond donors (Lipinski definition) is 0. The molecule has 2 aromatic carbocycles. The second-order valence-corrected chi connectivity index (χ2v) is 4.86. The van der Waals surface area contributed by atoms with Crippen molar-refractivity contribution in [1.82, 2.24) is 4.98 Å². The van der Waals surface area contributed by atoms with Gasteiger partial charge >= 0.3 is 0 Å². The zero-order chi connectivity index (χ0) is 13.2. The summed E-state index contributed by atoms with van der Waals surface area (Å²) < 4.78 is 18.8. The zero-order valence-corrected chi connectivity index (χ0v) is 10.4. The Morgan fingerprint density at radius 2 is 2.05 bits per heavy atom. The van der Waals surface area contributed by atoms with Gasteiger partial charge in [0, 0.05) is 4.90 Å². The van der Waals surface area contributed by atoms with Crippen LogP contribution in [0, 0.1) is 17.1 Å². The third-order valence-electron chi connectivity index (χ3n) is 2.48. The fourth-order valence-corrected chi connectivity index (χ4v) is 2.52. The van der Waals surface area contributed by atoms with Crippen LogP contribution in [-0.2, 0) is 0 Å². The molecular formula is C14H7FN2OS. The summed E-state index contributed by atoms with van der Waals surface area (Å²) in [6.07, 6.45) is 0. The standard InChI is InChI=1S/C14H7FN2OS/c15-10-5-9(8-16)6-11(7-10)19-14-17-12-3-1-2-4-13(12)18-14/h1-7H. The molecule has 19 heavy (non-hydrogen) atoms. The quantitative estimate of drug-likeness (QED) is 0.706. The Kier molecular flexibility index (Phi) is 2.94. The molecule has 0 N–H and O–H groups in total. The molecule has 5 heteroatoms. The first-order chi connectivity index (χ1) is 9.24. The number of nitriles is 1. The minimum Gasteiger partial charge on any atom is -0.431 e. The predicted octanol–water partition coefficient (Wildman–Crippen LogP) is 3.99. The van der Waals surface area contributed by atoms with E-state index < -0.39 is 5.82 Å². The van der Waals surface area contributed by atoms with Crippen molar-refractivity contribution >= 4 is 22.9 Å². The van der Waals surface area contributed by atoms with E-state index in [0.717, 1.165) is 5.52 Å². The molecule has 0 saturated carbocycles. The van der Waals surface area contributed by atoms with Gasteiger partial charge in [0.25, 0.3) is 5.22 Å². The highest BCUT2D eigenvalue weighted by Crippen LogP contribution is 2.30. The largest absolute Gasteiger partial charge is 0.431 e. The van der Waals surface area contributed by atoms with Crippen LogP contribution in [0.15, 0.2) is 57.0 Å². The van der Waals surface area contributed by atoms with Crippen molar-refractivity contribution in [3.05, 3.63) is 53.8 Å². The van der Waals surface area contributed by atoms with Gasteiger partial charge in [0.2, 0.25) is 0 Å². The molecule has 0 aliphatic rings. The van der Waals surface area contributed by atoms with Crippen LogP contribution < -0.4 is 0 Å². The number of nitrogens with zero attached hydrogens (tertiary/aromatic N) is 2. The molecule has 0 bridgehead atoms. The van der Waals surface area contributed by atoms with Crippen LogP contribution in [0.5, 0.6) is 0 Å². The van der Waals surface area contributed by atoms with E-state index in [0.29, 0.717) is 15.7 Å². The highest BCUT2D eigenvalue weighted by Gasteiger charge is 2.08. The fourth-order valence-electron chi connectivity index (χ4n) is 1.68. The number of benzene rings is 2. The molecule has 1 aromatic heterocycles. The molecule has 0 atom stereocenters. The topological polar surface area (TPSA) is 49.8 Å². The summed E-state index contributed by atoms with van der Waals surface area (Å²) in [5, 5.41) is 9.23. The van der Waals surface area contributed by atoms with Crippen LogP contribution in [0.3, 0.4) is 0 Å². The van der Waals surface area contributed by atoms with Gasteiger partial charge in [-0.2, -0.15) is 5.26 Å². The van der Waals surface area contributed by atoms with E-state index in [1.54, 1.807) is 6.07 Å². The number of fused-ring (bicyclic) bond motifs is 1. The lowest BCUT2D eigenvalue weighted by Crippen LogP contribution is -1.81. The molecule has 0 saturated heterocycles. The summed E-state index contributed by atoms with van der Waals surface area (Å²) in [7, 11) is 0. The maximum absolute atomic E-state index is 13.3. The second-order valence-electron chi connectivity index (χ2n) is 3.84. The molecule has 0 amide bonds. The number of para-hydroxylation sites is 2. The minimum atomic E-state index is -0.447. The summed E-state index contributed by atoms with van der Waals surface area (Å²) in [6, 6.07) is 13.4. The second kappa shape index (κ2) is 4.75. The maximum atomic E-state index is 13.3. The van der Waals surface area contributed by atoms with Crippen LogP contribution >= 0.6 is 11.8 Å². The van der Waals surface area contributed by atoms with E-state index >= 15 is 0 Å². The molecule has 3 nitrogen and oxygen atoms in total. The Hall–Kier alpha value is -2.32. The molecule has 3 aromatic rings. The molecule has 0 unspecified atom stereocenters. The van der Waals surface area contributed by atoms with Gasteiger partial charge in [0.15, 0.2) is 5.58 Å². The van der Waals surface area contributed by atoms with Gasteiger partial charge in [0.1, 0.15) is 11.3 Å². The molecule has 0 spiro atoms. The number of oxazole rings is 1. The first-order valence-electron chi connectivity index (χ1n) is 5.49. The first kappa shape index (κ1) is 11.8. The van der Waals surface area contributed by atoms with E-state index in [1.807, 2.05) is 30.3 Å². The lowest BCUT2D eigenvalue weighted by molar-refractivity contribution is 0.489. The van der Waals surface area contributed by atoms with Crippen molar-refractivity contribution in [2.24, 2.45) is 0 Å². The van der Waals surface area contributed by atoms with Crippen molar-refractivity contribution in [3.63, 3.8) is 0 Å². The molecule has 0 fully saturated rings. The van der Waals surface area contributed by atoms with Crippen molar-refractivity contribution in [2.75, 3.05) is 0 Å². The maximum Gasteiger partial charge on any atom is 0.261 e. The third kappa shape index (κ3) is 2.44. The number of halogens is 1. The monoisotopic (exact) mass is 270 g/mol. The molecular weight excluding hydrogens is 263 g/mol. The zero-order valence-electron chi connectivity index (χ0n) is 9.63. The van der Waals surface area contributed by atoms with E-state index in [1.165, 1.54) is 23.9 Å². The lowest BCUT2D eigenvalue weighted by atomic mass is 10.2. The van der Waals surface area contributed by atoms with Gasteiger partial charge in [-0.25, -0.2) is 9.37 Å². The van der Waals surface area contributed by atoms with Gasteiger partial charge in [-0.15, -0.1) is 0 Å². The van der Waals surface area contributed by atoms with Crippen LogP contribution in [0.25, 0.3) is 11.1 Å². The molecule has 92 valence electrons. The van der Waals surface area contributed by atoms with Gasteiger partial charge in [-0.1, -0.05) is 12.1 Å². The summed E-state index contributed by atoms with van der Waals surface area (Å²) in [4.78, 5) is 4.87. The third-order valence-corrected chi connectivity index (χ3v) is 3.30. The van der Waals surface area contributed by atoms with Crippen molar-refractivity contribution in [1.29, 1.82) is 5.26 Å². The summed E-state index contributed by atoms with van der Waals surface area (Å²) >= 11 is 1.19. The van der Waals surface area contributed by atoms with Gasteiger partial charge in [-0.3, -0.25) is 0 Å². The van der Waals surface area contributed by atoms with E-state index in [2.05, 4.69) is 4.98 Å². The van der Waals surface area contributed by atoms with Crippen molar-refractivity contribution in [3.8, 4) is 6.07 Å². The average Bonchev–Trinajstić information content (AvgIpc) is 2.80. The highest BCUT2D eigenvalue weighted by molar-refractivity contribution is 7.99. The lowest BCUT2D eigenvalue weighted by Gasteiger charge is -1.98. The number of rotatable bonds is 2. The first-order valence-corrected chi connectivity index (χ1v) is 6.30. The number of aromatic nitrogens is 1. The smallest absolute Gasteiger partial charge is 0.261 e. The molecule has 3 rings (SSSR count). The van der Waals surface area contributed by atoms with Gasteiger partial charge in [-0.05, 0) is 42.1 Å². The Morgan fingerprint density at radius 3 is 2.84 bits per heavy atom. The summed E-state index contributed by atoms with van der Waals surface area (Å²) in [5.74, 6) is -0.447. The highest BCUT2D eigenvalue weighted by atomic mass is 32.2. The van der Waals surface area contributed by atoms with Crippen LogP contribution in [-0.4, -0.2) is 4.98 Å². The summed E-state index contributed by atoms with van der Waals surface area (Å²) in [5.41, 5.74) is 1.71. The SMILES string of the molecule is N#Cc1cc(F)cc(Sc2nc3ccccc3o2)c1. The van der Waals surface area contributed by atoms with Crippen LogP contribution in [0.1, 0.15) is 5.56 Å². The predicted molar refractivity (Wildman–Crippen MR) is 69.2 cm³/mol. The Labute approximate surface area is 112 Å². The van der Waals surface area contributed by atoms with E-state index in [9.17, 15) is 4.39 Å². The molecule has 0 aliphatic heterocycles. The Balaban J connectivity index is 1.96. The van der Waals surface area contributed by atoms with Crippen molar-refractivity contribution < 1.29 is 8.81 Å². The normalized spacial score (nSPS) is 10.5. The number of hydrogen-bond acceptors (Lipinski definition) is 4. The van der Waals surface area contributed by atoms with Gasteiger partial charge in [0.05, 0.1) is 11.6 Å². The minimum absolute atomic E-state index is 0.276. The average molecular weight is 270 g/mol. The summed E-state index contributed by atoms with van der Waals surface area (Å²) in [6.45, 7) is 0. The van der Waals surface area contributed by atoms with Crippen LogP contribution in [0.4, 0.5) is 4.39 Å².